The van der Waals surface area contributed by atoms with Crippen LogP contribution in [0.1, 0.15) is 25.0 Å². The first-order valence-electron chi connectivity index (χ1n) is 20.7. The van der Waals surface area contributed by atoms with Crippen LogP contribution in [0.4, 0.5) is 0 Å². The number of rotatable bonds is 4. The van der Waals surface area contributed by atoms with Crippen LogP contribution in [-0.4, -0.2) is 0 Å². The molecule has 0 fully saturated rings. The van der Waals surface area contributed by atoms with Gasteiger partial charge in [0.05, 0.1) is 0 Å². The summed E-state index contributed by atoms with van der Waals surface area (Å²) in [6, 6.07) is 77.1. The summed E-state index contributed by atoms with van der Waals surface area (Å²) in [6.07, 6.45) is 0. The Kier molecular flexibility index (Phi) is 7.38. The molecule has 0 heteroatoms. The first-order chi connectivity index (χ1) is 29.0. The van der Waals surface area contributed by atoms with Gasteiger partial charge in [-0.1, -0.05) is 178 Å². The lowest BCUT2D eigenvalue weighted by molar-refractivity contribution is 0.660. The van der Waals surface area contributed by atoms with E-state index in [0.717, 1.165) is 0 Å². The summed E-state index contributed by atoms with van der Waals surface area (Å²) < 4.78 is 0. The predicted octanol–water partition coefficient (Wildman–Crippen LogP) is 16.4. The molecule has 0 amide bonds. The molecule has 0 aliphatic heterocycles. The van der Waals surface area contributed by atoms with Gasteiger partial charge in [-0.3, -0.25) is 0 Å². The van der Waals surface area contributed by atoms with E-state index in [0.29, 0.717) is 0 Å². The summed E-state index contributed by atoms with van der Waals surface area (Å²) in [5, 5.41) is 12.8. The third-order valence-corrected chi connectivity index (χ3v) is 13.2. The van der Waals surface area contributed by atoms with Crippen molar-refractivity contribution in [2.75, 3.05) is 0 Å². The Hall–Kier alpha value is -7.28. The minimum Gasteiger partial charge on any atom is -0.0622 e. The molecule has 1 aliphatic rings. The Bertz CT molecular complexity index is 3510. The number of fused-ring (bicyclic) bond motifs is 11. The maximum atomic E-state index is 2.42. The molecule has 0 radical (unpaired) electrons. The van der Waals surface area contributed by atoms with Gasteiger partial charge >= 0.3 is 0 Å². The monoisotopic (exact) mass is 748 g/mol. The van der Waals surface area contributed by atoms with Crippen LogP contribution in [0.5, 0.6) is 0 Å². The maximum absolute atomic E-state index is 2.42. The highest BCUT2D eigenvalue weighted by atomic mass is 14.4. The van der Waals surface area contributed by atoms with E-state index in [9.17, 15) is 0 Å². The van der Waals surface area contributed by atoms with E-state index in [1.54, 1.807) is 0 Å². The number of hydrogen-bond donors (Lipinski definition) is 0. The molecule has 0 nitrogen and oxygen atoms in total. The van der Waals surface area contributed by atoms with E-state index in [1.165, 1.54) is 121 Å². The van der Waals surface area contributed by atoms with Gasteiger partial charge in [0.2, 0.25) is 0 Å². The van der Waals surface area contributed by atoms with Crippen molar-refractivity contribution in [2.45, 2.75) is 19.3 Å². The lowest BCUT2D eigenvalue weighted by Crippen LogP contribution is -2.14. The molecule has 0 atom stereocenters. The van der Waals surface area contributed by atoms with E-state index in [1.807, 2.05) is 0 Å². The summed E-state index contributed by atoms with van der Waals surface area (Å²) in [5.74, 6) is 0. The number of benzene rings is 11. The standard InChI is InChI=1S/C59H40/c1-59(2)55-19-11-10-17-51(55)52-29-28-44(36-56(52)59)42-24-23-41-31-43(26-25-40(41)30-42)47-32-46(37-12-4-3-5-13-37)33-48(34-47)54-35-45-27-22-39-21-20-38-14-6-7-15-49(38)57(39)58(45)53-18-9-8-16-50(53)54/h3-36H,1-2H3. The van der Waals surface area contributed by atoms with Crippen molar-refractivity contribution in [3.05, 3.63) is 217 Å². The zero-order chi connectivity index (χ0) is 39.2. The third kappa shape index (κ3) is 5.30. The van der Waals surface area contributed by atoms with Crippen molar-refractivity contribution in [3.63, 3.8) is 0 Å². The van der Waals surface area contributed by atoms with Gasteiger partial charge in [0.1, 0.15) is 0 Å². The second-order valence-corrected chi connectivity index (χ2v) is 16.9. The molecular weight excluding hydrogens is 709 g/mol. The average Bonchev–Trinajstić information content (AvgIpc) is 3.53. The molecule has 276 valence electrons. The largest absolute Gasteiger partial charge is 0.0622 e. The summed E-state index contributed by atoms with van der Waals surface area (Å²) in [6.45, 7) is 4.71. The Balaban J connectivity index is 1.000. The second-order valence-electron chi connectivity index (χ2n) is 16.9. The van der Waals surface area contributed by atoms with E-state index in [4.69, 9.17) is 0 Å². The minimum atomic E-state index is -0.0246. The molecule has 0 unspecified atom stereocenters. The van der Waals surface area contributed by atoms with Crippen molar-refractivity contribution in [1.29, 1.82) is 0 Å². The van der Waals surface area contributed by atoms with E-state index in [-0.39, 0.29) is 5.41 Å². The molecule has 0 saturated heterocycles. The summed E-state index contributed by atoms with van der Waals surface area (Å²) >= 11 is 0. The Labute approximate surface area is 344 Å². The fourth-order valence-corrected chi connectivity index (χ4v) is 10.2. The molecule has 0 aromatic heterocycles. The van der Waals surface area contributed by atoms with Crippen molar-refractivity contribution < 1.29 is 0 Å². The van der Waals surface area contributed by atoms with Crippen LogP contribution in [-0.2, 0) is 5.41 Å². The van der Waals surface area contributed by atoms with Crippen molar-refractivity contribution in [2.24, 2.45) is 0 Å². The first-order valence-corrected chi connectivity index (χ1v) is 20.7. The van der Waals surface area contributed by atoms with Gasteiger partial charge in [-0.15, -0.1) is 0 Å². The highest BCUT2D eigenvalue weighted by Gasteiger charge is 2.35. The number of hydrogen-bond acceptors (Lipinski definition) is 0. The normalized spacial score (nSPS) is 13.1. The lowest BCUT2D eigenvalue weighted by Gasteiger charge is -2.22. The first kappa shape index (κ1) is 33.8. The van der Waals surface area contributed by atoms with E-state index in [2.05, 4.69) is 220 Å². The fraction of sp³-hybridized carbons (Fsp3) is 0.0508. The zero-order valence-corrected chi connectivity index (χ0v) is 33.1. The van der Waals surface area contributed by atoms with E-state index < -0.39 is 0 Å². The summed E-state index contributed by atoms with van der Waals surface area (Å²) in [4.78, 5) is 0. The molecular formula is C59H40. The van der Waals surface area contributed by atoms with Crippen LogP contribution in [0.15, 0.2) is 206 Å². The van der Waals surface area contributed by atoms with Gasteiger partial charge in [-0.2, -0.15) is 0 Å². The van der Waals surface area contributed by atoms with Crippen molar-refractivity contribution in [3.8, 4) is 55.6 Å². The molecule has 0 saturated carbocycles. The van der Waals surface area contributed by atoms with Gasteiger partial charge in [0, 0.05) is 5.41 Å². The van der Waals surface area contributed by atoms with Crippen LogP contribution >= 0.6 is 0 Å². The molecule has 12 rings (SSSR count). The van der Waals surface area contributed by atoms with Gasteiger partial charge in [0.15, 0.2) is 0 Å². The second kappa shape index (κ2) is 12.9. The predicted molar refractivity (Wildman–Crippen MR) is 253 cm³/mol. The van der Waals surface area contributed by atoms with Crippen molar-refractivity contribution in [1.82, 2.24) is 0 Å². The minimum absolute atomic E-state index is 0.0246. The van der Waals surface area contributed by atoms with Crippen LogP contribution < -0.4 is 0 Å². The van der Waals surface area contributed by atoms with Crippen molar-refractivity contribution >= 4 is 53.9 Å². The summed E-state index contributed by atoms with van der Waals surface area (Å²) in [5.41, 5.74) is 15.3. The molecule has 0 spiro atoms. The zero-order valence-electron chi connectivity index (χ0n) is 33.1. The lowest BCUT2D eigenvalue weighted by atomic mass is 9.81. The smallest absolute Gasteiger partial charge is 0.0159 e. The van der Waals surface area contributed by atoms with Gasteiger partial charge < -0.3 is 0 Å². The highest BCUT2D eigenvalue weighted by Crippen LogP contribution is 2.50. The molecule has 1 aliphatic carbocycles. The third-order valence-electron chi connectivity index (χ3n) is 13.2. The van der Waals surface area contributed by atoms with Gasteiger partial charge in [-0.05, 0) is 163 Å². The van der Waals surface area contributed by atoms with Gasteiger partial charge in [0.25, 0.3) is 0 Å². The average molecular weight is 749 g/mol. The molecule has 59 heavy (non-hydrogen) atoms. The molecule has 11 aromatic rings. The molecule has 0 N–H and O–H groups in total. The molecule has 0 heterocycles. The van der Waals surface area contributed by atoms with Crippen LogP contribution in [0, 0.1) is 0 Å². The topological polar surface area (TPSA) is 0 Å². The quantitative estimate of drug-likeness (QED) is 0.157. The molecule has 11 aromatic carbocycles. The summed E-state index contributed by atoms with van der Waals surface area (Å²) in [7, 11) is 0. The molecule has 0 bridgehead atoms. The Morgan fingerprint density at radius 3 is 1.58 bits per heavy atom. The van der Waals surface area contributed by atoms with E-state index >= 15 is 0 Å². The van der Waals surface area contributed by atoms with Crippen LogP contribution in [0.3, 0.4) is 0 Å². The SMILES string of the molecule is CC1(C)c2ccccc2-c2ccc(-c3ccc4cc(-c5cc(-c6ccccc6)cc(-c6cc7ccc8ccc9ccccc9c8c7c7ccccc67)c5)ccc4c3)cc21. The Morgan fingerprint density at radius 2 is 0.780 bits per heavy atom. The maximum Gasteiger partial charge on any atom is 0.0159 e. The fourth-order valence-electron chi connectivity index (χ4n) is 10.2. The van der Waals surface area contributed by atoms with Gasteiger partial charge in [-0.25, -0.2) is 0 Å². The van der Waals surface area contributed by atoms with Crippen LogP contribution in [0.25, 0.3) is 109 Å². The Morgan fingerprint density at radius 1 is 0.254 bits per heavy atom. The van der Waals surface area contributed by atoms with Crippen LogP contribution in [0.2, 0.25) is 0 Å². The highest BCUT2D eigenvalue weighted by molar-refractivity contribution is 6.29.